The summed E-state index contributed by atoms with van der Waals surface area (Å²) in [6.07, 6.45) is 0. The zero-order valence-electron chi connectivity index (χ0n) is 17.3. The standard InChI is InChI=1S/C22H23NO5S/c1-12-9-13(2)22(14(3)10-12)29(26,27)23(17(6)25)18-7-8-20-19(11-18)21(15(4)24)16(5)28-20/h7-11H,1-6H3. The number of ketones is 1. The van der Waals surface area contributed by atoms with Gasteiger partial charge in [0.05, 0.1) is 16.1 Å². The normalized spacial score (nSPS) is 11.7. The third kappa shape index (κ3) is 3.46. The highest BCUT2D eigenvalue weighted by atomic mass is 32.2. The Balaban J connectivity index is 2.28. The van der Waals surface area contributed by atoms with Crippen LogP contribution in [0, 0.1) is 27.7 Å². The van der Waals surface area contributed by atoms with Crippen molar-refractivity contribution in [2.45, 2.75) is 46.4 Å². The molecule has 2 aromatic carbocycles. The van der Waals surface area contributed by atoms with E-state index in [0.29, 0.717) is 33.4 Å². The Morgan fingerprint density at radius 2 is 1.52 bits per heavy atom. The Labute approximate surface area is 170 Å². The molecule has 3 aromatic rings. The number of hydrogen-bond acceptors (Lipinski definition) is 5. The van der Waals surface area contributed by atoms with Crippen molar-refractivity contribution < 1.29 is 22.4 Å². The SMILES string of the molecule is CC(=O)c1c(C)oc2ccc(N(C(C)=O)S(=O)(=O)c3c(C)cc(C)cc3C)cc12. The number of fused-ring (bicyclic) bond motifs is 1. The highest BCUT2D eigenvalue weighted by Gasteiger charge is 2.32. The lowest BCUT2D eigenvalue weighted by atomic mass is 10.1. The predicted molar refractivity (Wildman–Crippen MR) is 112 cm³/mol. The molecular formula is C22H23NO5S. The zero-order chi connectivity index (χ0) is 21.7. The number of aryl methyl sites for hydroxylation is 4. The molecule has 0 N–H and O–H groups in total. The Hall–Kier alpha value is -2.93. The van der Waals surface area contributed by atoms with Gasteiger partial charge in [0.25, 0.3) is 10.0 Å². The second-order valence-corrected chi connectivity index (χ2v) is 9.01. The maximum atomic E-state index is 13.5. The molecule has 3 rings (SSSR count). The van der Waals surface area contributed by atoms with Crippen LogP contribution in [0.15, 0.2) is 39.6 Å². The summed E-state index contributed by atoms with van der Waals surface area (Å²) in [6.45, 7) is 9.60. The van der Waals surface area contributed by atoms with Gasteiger partial charge in [0.15, 0.2) is 5.78 Å². The molecule has 0 unspecified atom stereocenters. The van der Waals surface area contributed by atoms with Gasteiger partial charge in [-0.1, -0.05) is 17.7 Å². The van der Waals surface area contributed by atoms with Crippen LogP contribution >= 0.6 is 0 Å². The van der Waals surface area contributed by atoms with Crippen LogP contribution in [0.2, 0.25) is 0 Å². The maximum absolute atomic E-state index is 13.5. The molecule has 0 fully saturated rings. The minimum Gasteiger partial charge on any atom is -0.461 e. The van der Waals surface area contributed by atoms with E-state index < -0.39 is 15.9 Å². The van der Waals surface area contributed by atoms with E-state index in [-0.39, 0.29) is 16.4 Å². The Morgan fingerprint density at radius 3 is 2.03 bits per heavy atom. The smallest absolute Gasteiger partial charge is 0.271 e. The average molecular weight is 413 g/mol. The van der Waals surface area contributed by atoms with E-state index in [1.54, 1.807) is 39.0 Å². The first-order valence-corrected chi connectivity index (χ1v) is 10.6. The van der Waals surface area contributed by atoms with Gasteiger partial charge < -0.3 is 4.42 Å². The summed E-state index contributed by atoms with van der Waals surface area (Å²) < 4.78 is 33.4. The molecule has 1 aromatic heterocycles. The molecule has 1 heterocycles. The Kier molecular flexibility index (Phi) is 5.13. The van der Waals surface area contributed by atoms with Gasteiger partial charge in [-0.2, -0.15) is 0 Å². The topological polar surface area (TPSA) is 84.7 Å². The molecule has 0 radical (unpaired) electrons. The number of rotatable bonds is 4. The van der Waals surface area contributed by atoms with Crippen LogP contribution in [0.25, 0.3) is 11.0 Å². The predicted octanol–water partition coefficient (Wildman–Crippen LogP) is 4.61. The van der Waals surface area contributed by atoms with Gasteiger partial charge in [0.2, 0.25) is 5.91 Å². The Morgan fingerprint density at radius 1 is 0.931 bits per heavy atom. The van der Waals surface area contributed by atoms with Gasteiger partial charge in [-0.25, -0.2) is 12.7 Å². The van der Waals surface area contributed by atoms with Crippen LogP contribution in [0.4, 0.5) is 5.69 Å². The fourth-order valence-electron chi connectivity index (χ4n) is 3.93. The maximum Gasteiger partial charge on any atom is 0.271 e. The minimum absolute atomic E-state index is 0.105. The quantitative estimate of drug-likeness (QED) is 0.583. The number of sulfonamides is 1. The van der Waals surface area contributed by atoms with Crippen molar-refractivity contribution in [2.24, 2.45) is 0 Å². The molecule has 152 valence electrons. The number of amides is 1. The van der Waals surface area contributed by atoms with Crippen molar-refractivity contribution in [3.63, 3.8) is 0 Å². The van der Waals surface area contributed by atoms with Crippen molar-refractivity contribution in [3.05, 3.63) is 58.3 Å². The Bertz CT molecular complexity index is 1240. The summed E-state index contributed by atoms with van der Waals surface area (Å²) in [4.78, 5) is 24.6. The molecule has 0 saturated carbocycles. The van der Waals surface area contributed by atoms with E-state index in [1.165, 1.54) is 26.0 Å². The van der Waals surface area contributed by atoms with E-state index >= 15 is 0 Å². The number of nitrogens with zero attached hydrogens (tertiary/aromatic N) is 1. The highest BCUT2D eigenvalue weighted by Crippen LogP contribution is 2.34. The molecule has 1 amide bonds. The number of carbonyl (C=O) groups excluding carboxylic acids is 2. The van der Waals surface area contributed by atoms with Gasteiger partial charge in [-0.05, 0) is 63.9 Å². The summed E-state index contributed by atoms with van der Waals surface area (Å²) >= 11 is 0. The third-order valence-corrected chi connectivity index (χ3v) is 6.93. The first-order valence-electron chi connectivity index (χ1n) is 9.13. The van der Waals surface area contributed by atoms with Gasteiger partial charge in [0, 0.05) is 12.3 Å². The second-order valence-electron chi connectivity index (χ2n) is 7.29. The molecule has 0 aliphatic carbocycles. The van der Waals surface area contributed by atoms with Crippen LogP contribution in [0.1, 0.15) is 46.7 Å². The number of hydrogen-bond donors (Lipinski definition) is 0. The molecule has 0 aliphatic heterocycles. The summed E-state index contributed by atoms with van der Waals surface area (Å²) in [5.74, 6) is -0.388. The number of furan rings is 1. The van der Waals surface area contributed by atoms with Crippen LogP contribution < -0.4 is 4.31 Å². The van der Waals surface area contributed by atoms with Crippen molar-refractivity contribution in [3.8, 4) is 0 Å². The molecule has 0 spiro atoms. The summed E-state index contributed by atoms with van der Waals surface area (Å²) in [5.41, 5.74) is 3.07. The van der Waals surface area contributed by atoms with E-state index in [2.05, 4.69) is 0 Å². The number of Topliss-reactive ketones (excluding diaryl/α,β-unsaturated/α-hetero) is 1. The fourth-order valence-corrected chi connectivity index (χ4v) is 5.77. The number of benzene rings is 2. The zero-order valence-corrected chi connectivity index (χ0v) is 18.1. The van der Waals surface area contributed by atoms with Crippen molar-refractivity contribution in [1.29, 1.82) is 0 Å². The third-order valence-electron chi connectivity index (χ3n) is 4.82. The van der Waals surface area contributed by atoms with E-state index in [1.807, 2.05) is 6.92 Å². The lowest BCUT2D eigenvalue weighted by molar-refractivity contribution is -0.115. The number of carbonyl (C=O) groups is 2. The molecular weight excluding hydrogens is 390 g/mol. The van der Waals surface area contributed by atoms with Gasteiger partial charge >= 0.3 is 0 Å². The summed E-state index contributed by atoms with van der Waals surface area (Å²) in [6, 6.07) is 8.14. The summed E-state index contributed by atoms with van der Waals surface area (Å²) in [7, 11) is -4.16. The van der Waals surface area contributed by atoms with Gasteiger partial charge in [-0.3, -0.25) is 9.59 Å². The molecule has 7 heteroatoms. The molecule has 6 nitrogen and oxygen atoms in total. The van der Waals surface area contributed by atoms with Crippen molar-refractivity contribution in [1.82, 2.24) is 0 Å². The van der Waals surface area contributed by atoms with E-state index in [4.69, 9.17) is 4.42 Å². The first-order chi connectivity index (χ1) is 13.4. The molecule has 29 heavy (non-hydrogen) atoms. The van der Waals surface area contributed by atoms with Crippen molar-refractivity contribution >= 4 is 38.4 Å². The largest absolute Gasteiger partial charge is 0.461 e. The molecule has 0 aliphatic rings. The van der Waals surface area contributed by atoms with Gasteiger partial charge in [-0.15, -0.1) is 0 Å². The van der Waals surface area contributed by atoms with Crippen LogP contribution in [0.3, 0.4) is 0 Å². The van der Waals surface area contributed by atoms with E-state index in [0.717, 1.165) is 9.87 Å². The lowest BCUT2D eigenvalue weighted by Crippen LogP contribution is -2.36. The first kappa shape index (κ1) is 20.8. The van der Waals surface area contributed by atoms with Gasteiger partial charge in [0.1, 0.15) is 11.3 Å². The number of anilines is 1. The van der Waals surface area contributed by atoms with Crippen LogP contribution in [0.5, 0.6) is 0 Å². The molecule has 0 atom stereocenters. The average Bonchev–Trinajstić information content (AvgIpc) is 2.88. The van der Waals surface area contributed by atoms with Crippen LogP contribution in [-0.4, -0.2) is 20.1 Å². The minimum atomic E-state index is -4.16. The molecule has 0 saturated heterocycles. The molecule has 0 bridgehead atoms. The fraction of sp³-hybridized carbons (Fsp3) is 0.273. The van der Waals surface area contributed by atoms with Crippen molar-refractivity contribution in [2.75, 3.05) is 4.31 Å². The second kappa shape index (κ2) is 7.15. The summed E-state index contributed by atoms with van der Waals surface area (Å²) in [5, 5.41) is 0.478. The lowest BCUT2D eigenvalue weighted by Gasteiger charge is -2.23. The van der Waals surface area contributed by atoms with Crippen LogP contribution in [-0.2, 0) is 14.8 Å². The van der Waals surface area contributed by atoms with E-state index in [9.17, 15) is 18.0 Å². The monoisotopic (exact) mass is 413 g/mol. The highest BCUT2D eigenvalue weighted by molar-refractivity contribution is 7.93.